The van der Waals surface area contributed by atoms with Gasteiger partial charge in [-0.15, -0.1) is 0 Å². The molecule has 14 heavy (non-hydrogen) atoms. The van der Waals surface area contributed by atoms with E-state index in [2.05, 4.69) is 24.1 Å². The van der Waals surface area contributed by atoms with Gasteiger partial charge in [-0.3, -0.25) is 10.2 Å². The van der Waals surface area contributed by atoms with E-state index in [1.807, 2.05) is 0 Å². The highest BCUT2D eigenvalue weighted by atomic mass is 16.5. The molecule has 1 aliphatic rings. The second-order valence-corrected chi connectivity index (χ2v) is 3.93. The van der Waals surface area contributed by atoms with Crippen LogP contribution in [0.4, 0.5) is 0 Å². The van der Waals surface area contributed by atoms with Crippen molar-refractivity contribution >= 4 is 0 Å². The van der Waals surface area contributed by atoms with Crippen molar-refractivity contribution in [3.8, 4) is 0 Å². The van der Waals surface area contributed by atoms with Crippen LogP contribution >= 0.6 is 0 Å². The third kappa shape index (κ3) is 3.95. The first-order valence-electron chi connectivity index (χ1n) is 5.93. The molecular weight excluding hydrogens is 176 g/mol. The zero-order valence-electron chi connectivity index (χ0n) is 9.59. The molecule has 0 spiro atoms. The highest BCUT2D eigenvalue weighted by molar-refractivity contribution is 4.72. The second kappa shape index (κ2) is 7.21. The molecule has 3 nitrogen and oxygen atoms in total. The van der Waals surface area contributed by atoms with Gasteiger partial charge >= 0.3 is 0 Å². The average Bonchev–Trinajstić information content (AvgIpc) is 2.25. The van der Waals surface area contributed by atoms with Gasteiger partial charge < -0.3 is 4.74 Å². The number of hydrogen-bond donors (Lipinski definition) is 1. The van der Waals surface area contributed by atoms with Gasteiger partial charge in [-0.2, -0.15) is 0 Å². The van der Waals surface area contributed by atoms with Crippen LogP contribution in [0.2, 0.25) is 0 Å². The minimum absolute atomic E-state index is 0.454. The molecule has 84 valence electrons. The highest BCUT2D eigenvalue weighted by Crippen LogP contribution is 2.04. The molecule has 0 radical (unpaired) electrons. The van der Waals surface area contributed by atoms with Crippen molar-refractivity contribution < 1.29 is 4.74 Å². The second-order valence-electron chi connectivity index (χ2n) is 3.93. The Balaban J connectivity index is 2.30. The summed E-state index contributed by atoms with van der Waals surface area (Å²) in [5, 5.41) is 3.51. The summed E-state index contributed by atoms with van der Waals surface area (Å²) in [5.74, 6) is 0. The molecular formula is C11H24N2O. The average molecular weight is 200 g/mol. The van der Waals surface area contributed by atoms with Crippen LogP contribution in [-0.2, 0) is 4.74 Å². The maximum absolute atomic E-state index is 5.49. The zero-order chi connectivity index (χ0) is 10.2. The van der Waals surface area contributed by atoms with Gasteiger partial charge in [-0.05, 0) is 25.9 Å². The van der Waals surface area contributed by atoms with Crippen molar-refractivity contribution in [3.63, 3.8) is 0 Å². The Morgan fingerprint density at radius 2 is 2.14 bits per heavy atom. The van der Waals surface area contributed by atoms with Gasteiger partial charge in [-0.1, -0.05) is 20.3 Å². The molecule has 3 heteroatoms. The molecule has 0 saturated carbocycles. The molecule has 1 N–H and O–H groups in total. The SMILES string of the molecule is CCCCN(CCC)C1COCCN1. The summed E-state index contributed by atoms with van der Waals surface area (Å²) in [6.45, 7) is 9.58. The molecule has 0 bridgehead atoms. The summed E-state index contributed by atoms with van der Waals surface area (Å²) in [5.41, 5.74) is 0. The van der Waals surface area contributed by atoms with E-state index in [0.29, 0.717) is 6.17 Å². The van der Waals surface area contributed by atoms with E-state index >= 15 is 0 Å². The third-order valence-corrected chi connectivity index (χ3v) is 2.65. The maximum Gasteiger partial charge on any atom is 0.0839 e. The van der Waals surface area contributed by atoms with E-state index in [1.54, 1.807) is 0 Å². The Bertz CT molecular complexity index is 135. The largest absolute Gasteiger partial charge is 0.377 e. The van der Waals surface area contributed by atoms with Crippen LogP contribution in [0.3, 0.4) is 0 Å². The summed E-state index contributed by atoms with van der Waals surface area (Å²) in [6.07, 6.45) is 4.24. The van der Waals surface area contributed by atoms with Gasteiger partial charge in [0.25, 0.3) is 0 Å². The number of rotatable bonds is 6. The van der Waals surface area contributed by atoms with Crippen LogP contribution in [0.5, 0.6) is 0 Å². The normalized spacial score (nSPS) is 22.9. The minimum atomic E-state index is 0.454. The number of ether oxygens (including phenoxy) is 1. The van der Waals surface area contributed by atoms with E-state index < -0.39 is 0 Å². The molecule has 1 aliphatic heterocycles. The molecule has 0 amide bonds. The quantitative estimate of drug-likeness (QED) is 0.702. The molecule has 1 unspecified atom stereocenters. The molecule has 0 aromatic heterocycles. The van der Waals surface area contributed by atoms with Crippen molar-refractivity contribution in [2.75, 3.05) is 32.8 Å². The number of nitrogens with one attached hydrogen (secondary N) is 1. The van der Waals surface area contributed by atoms with Gasteiger partial charge in [0.2, 0.25) is 0 Å². The standard InChI is InChI=1S/C11H24N2O/c1-3-5-8-13(7-4-2)11-10-14-9-6-12-11/h11-12H,3-10H2,1-2H3. The summed E-state index contributed by atoms with van der Waals surface area (Å²) in [7, 11) is 0. The Kier molecular flexibility index (Phi) is 6.15. The van der Waals surface area contributed by atoms with E-state index in [-0.39, 0.29) is 0 Å². The van der Waals surface area contributed by atoms with Crippen molar-refractivity contribution in [1.82, 2.24) is 10.2 Å². The van der Waals surface area contributed by atoms with E-state index in [1.165, 1.54) is 32.4 Å². The molecule has 1 atom stereocenters. The topological polar surface area (TPSA) is 24.5 Å². The molecule has 1 heterocycles. The molecule has 0 aromatic rings. The lowest BCUT2D eigenvalue weighted by Crippen LogP contribution is -2.53. The van der Waals surface area contributed by atoms with Gasteiger partial charge in [0, 0.05) is 6.54 Å². The number of nitrogens with zero attached hydrogens (tertiary/aromatic N) is 1. The summed E-state index contributed by atoms with van der Waals surface area (Å²) in [4.78, 5) is 2.52. The van der Waals surface area contributed by atoms with Gasteiger partial charge in [0.1, 0.15) is 0 Å². The Hall–Kier alpha value is -0.120. The first-order valence-corrected chi connectivity index (χ1v) is 5.93. The van der Waals surface area contributed by atoms with Crippen molar-refractivity contribution in [2.45, 2.75) is 39.3 Å². The molecule has 1 fully saturated rings. The lowest BCUT2D eigenvalue weighted by Gasteiger charge is -2.34. The summed E-state index contributed by atoms with van der Waals surface area (Å²) in [6, 6.07) is 0. The van der Waals surface area contributed by atoms with Crippen LogP contribution < -0.4 is 5.32 Å². The maximum atomic E-state index is 5.49. The molecule has 0 aromatic carbocycles. The highest BCUT2D eigenvalue weighted by Gasteiger charge is 2.19. The number of unbranched alkanes of at least 4 members (excludes halogenated alkanes) is 1. The molecule has 1 rings (SSSR count). The third-order valence-electron chi connectivity index (χ3n) is 2.65. The summed E-state index contributed by atoms with van der Waals surface area (Å²) < 4.78 is 5.49. The Labute approximate surface area is 87.8 Å². The van der Waals surface area contributed by atoms with E-state index in [4.69, 9.17) is 4.74 Å². The monoisotopic (exact) mass is 200 g/mol. The lowest BCUT2D eigenvalue weighted by atomic mass is 10.2. The van der Waals surface area contributed by atoms with Crippen molar-refractivity contribution in [2.24, 2.45) is 0 Å². The van der Waals surface area contributed by atoms with Crippen LogP contribution in [0.15, 0.2) is 0 Å². The van der Waals surface area contributed by atoms with Crippen molar-refractivity contribution in [3.05, 3.63) is 0 Å². The number of hydrogen-bond acceptors (Lipinski definition) is 3. The van der Waals surface area contributed by atoms with Crippen LogP contribution in [0.25, 0.3) is 0 Å². The molecule has 0 aliphatic carbocycles. The fourth-order valence-corrected chi connectivity index (χ4v) is 1.86. The summed E-state index contributed by atoms with van der Waals surface area (Å²) >= 11 is 0. The van der Waals surface area contributed by atoms with Gasteiger partial charge in [-0.25, -0.2) is 0 Å². The smallest absolute Gasteiger partial charge is 0.0839 e. The zero-order valence-corrected chi connectivity index (χ0v) is 9.59. The molecule has 1 saturated heterocycles. The van der Waals surface area contributed by atoms with Crippen LogP contribution in [0, 0.1) is 0 Å². The lowest BCUT2D eigenvalue weighted by molar-refractivity contribution is 0.00852. The Morgan fingerprint density at radius 1 is 1.29 bits per heavy atom. The van der Waals surface area contributed by atoms with E-state index in [9.17, 15) is 0 Å². The number of morpholine rings is 1. The predicted molar refractivity (Wildman–Crippen MR) is 59.4 cm³/mol. The predicted octanol–water partition coefficient (Wildman–Crippen LogP) is 1.44. The van der Waals surface area contributed by atoms with Crippen LogP contribution in [-0.4, -0.2) is 43.9 Å². The van der Waals surface area contributed by atoms with Gasteiger partial charge in [0.05, 0.1) is 19.4 Å². The Morgan fingerprint density at radius 3 is 2.71 bits per heavy atom. The van der Waals surface area contributed by atoms with E-state index in [0.717, 1.165) is 19.8 Å². The first kappa shape index (κ1) is 12.0. The minimum Gasteiger partial charge on any atom is -0.377 e. The van der Waals surface area contributed by atoms with Crippen LogP contribution in [0.1, 0.15) is 33.1 Å². The van der Waals surface area contributed by atoms with Gasteiger partial charge in [0.15, 0.2) is 0 Å². The van der Waals surface area contributed by atoms with Crippen molar-refractivity contribution in [1.29, 1.82) is 0 Å². The fraction of sp³-hybridized carbons (Fsp3) is 1.00. The fourth-order valence-electron chi connectivity index (χ4n) is 1.86. The first-order chi connectivity index (χ1) is 6.88.